The highest BCUT2D eigenvalue weighted by Crippen LogP contribution is 2.34. The Labute approximate surface area is 188 Å². The van der Waals surface area contributed by atoms with E-state index in [1.54, 1.807) is 13.3 Å². The molecule has 0 saturated carbocycles. The molecule has 4 rings (SSSR count). The maximum Gasteiger partial charge on any atom is 0.217 e. The second-order valence-electron chi connectivity index (χ2n) is 7.60. The van der Waals surface area contributed by atoms with Gasteiger partial charge in [0.2, 0.25) is 5.88 Å². The largest absolute Gasteiger partial charge is 0.496 e. The highest BCUT2D eigenvalue weighted by Gasteiger charge is 2.18. The second kappa shape index (κ2) is 10.4. The quantitative estimate of drug-likeness (QED) is 0.525. The van der Waals surface area contributed by atoms with Crippen molar-refractivity contribution >= 4 is 0 Å². The van der Waals surface area contributed by atoms with Gasteiger partial charge in [0.15, 0.2) is 0 Å². The minimum atomic E-state index is -0.0985. The van der Waals surface area contributed by atoms with Gasteiger partial charge in [0.1, 0.15) is 30.8 Å². The lowest BCUT2D eigenvalue weighted by atomic mass is 10.0. The maximum atomic E-state index is 5.93. The molecule has 1 aliphatic rings. The van der Waals surface area contributed by atoms with Crippen LogP contribution < -0.4 is 14.2 Å². The van der Waals surface area contributed by atoms with E-state index < -0.39 is 0 Å². The lowest BCUT2D eigenvalue weighted by molar-refractivity contribution is -0.102. The number of hydrogen-bond acceptors (Lipinski definition) is 7. The van der Waals surface area contributed by atoms with Crippen molar-refractivity contribution in [1.82, 2.24) is 9.97 Å². The molecule has 2 aromatic heterocycles. The van der Waals surface area contributed by atoms with Crippen LogP contribution in [-0.4, -0.2) is 49.6 Å². The summed E-state index contributed by atoms with van der Waals surface area (Å²) in [6.07, 6.45) is 1.66. The van der Waals surface area contributed by atoms with Gasteiger partial charge in [-0.15, -0.1) is 0 Å². The van der Waals surface area contributed by atoms with Crippen molar-refractivity contribution in [3.05, 3.63) is 65.5 Å². The third kappa shape index (κ3) is 5.36. The van der Waals surface area contributed by atoms with Gasteiger partial charge in [-0.3, -0.25) is 4.98 Å². The van der Waals surface area contributed by atoms with Gasteiger partial charge in [-0.2, -0.15) is 0 Å². The molecule has 3 aromatic rings. The number of rotatable bonds is 8. The van der Waals surface area contributed by atoms with Crippen LogP contribution in [0.25, 0.3) is 11.3 Å². The molecule has 0 N–H and O–H groups in total. The molecule has 0 spiro atoms. The minimum absolute atomic E-state index is 0.0985. The van der Waals surface area contributed by atoms with Gasteiger partial charge >= 0.3 is 0 Å². The van der Waals surface area contributed by atoms with Gasteiger partial charge in [-0.1, -0.05) is 6.07 Å². The van der Waals surface area contributed by atoms with Crippen LogP contribution in [0.15, 0.2) is 48.7 Å². The average Bonchev–Trinajstić information content (AvgIpc) is 2.83. The van der Waals surface area contributed by atoms with E-state index in [-0.39, 0.29) is 6.10 Å². The monoisotopic (exact) mass is 436 g/mol. The van der Waals surface area contributed by atoms with E-state index in [1.807, 2.05) is 56.3 Å². The first-order chi connectivity index (χ1) is 15.6. The van der Waals surface area contributed by atoms with E-state index >= 15 is 0 Å². The summed E-state index contributed by atoms with van der Waals surface area (Å²) in [7, 11) is 1.65. The number of methoxy groups -OCH3 is 1. The predicted molar refractivity (Wildman–Crippen MR) is 120 cm³/mol. The zero-order valence-corrected chi connectivity index (χ0v) is 18.7. The number of nitrogens with zero attached hydrogens (tertiary/aromatic N) is 2. The van der Waals surface area contributed by atoms with Crippen LogP contribution in [0.1, 0.15) is 16.8 Å². The SMILES string of the molecule is COc1cc(OCC2COCCO2)nc(-c2ccc(OCc3ccccn3)cc2C)c1C. The molecule has 0 bridgehead atoms. The summed E-state index contributed by atoms with van der Waals surface area (Å²) in [4.78, 5) is 9.06. The molecule has 32 heavy (non-hydrogen) atoms. The summed E-state index contributed by atoms with van der Waals surface area (Å²) in [5, 5.41) is 0. The van der Waals surface area contributed by atoms with Crippen LogP contribution in [-0.2, 0) is 16.1 Å². The topological polar surface area (TPSA) is 71.9 Å². The van der Waals surface area contributed by atoms with Gasteiger partial charge in [0, 0.05) is 23.4 Å². The molecular formula is C25H28N2O5. The molecule has 1 aliphatic heterocycles. The number of hydrogen-bond donors (Lipinski definition) is 0. The molecule has 1 fully saturated rings. The highest BCUT2D eigenvalue weighted by atomic mass is 16.6. The first kappa shape index (κ1) is 22.0. The van der Waals surface area contributed by atoms with E-state index in [4.69, 9.17) is 28.7 Å². The van der Waals surface area contributed by atoms with E-state index in [2.05, 4.69) is 4.98 Å². The van der Waals surface area contributed by atoms with Crippen LogP contribution in [0, 0.1) is 13.8 Å². The lowest BCUT2D eigenvalue weighted by Crippen LogP contribution is -2.33. The Morgan fingerprint density at radius 1 is 1.06 bits per heavy atom. The summed E-state index contributed by atoms with van der Waals surface area (Å²) >= 11 is 0. The maximum absolute atomic E-state index is 5.93. The highest BCUT2D eigenvalue weighted by molar-refractivity contribution is 5.70. The van der Waals surface area contributed by atoms with Crippen molar-refractivity contribution in [3.8, 4) is 28.6 Å². The van der Waals surface area contributed by atoms with E-state index in [9.17, 15) is 0 Å². The lowest BCUT2D eigenvalue weighted by Gasteiger charge is -2.23. The van der Waals surface area contributed by atoms with Crippen molar-refractivity contribution < 1.29 is 23.7 Å². The van der Waals surface area contributed by atoms with Crippen molar-refractivity contribution in [2.75, 3.05) is 33.5 Å². The van der Waals surface area contributed by atoms with Crippen LogP contribution >= 0.6 is 0 Å². The molecular weight excluding hydrogens is 408 g/mol. The third-order valence-corrected chi connectivity index (χ3v) is 5.29. The van der Waals surface area contributed by atoms with Gasteiger partial charge in [0.25, 0.3) is 0 Å². The van der Waals surface area contributed by atoms with Gasteiger partial charge in [0.05, 0.1) is 38.3 Å². The second-order valence-corrected chi connectivity index (χ2v) is 7.60. The van der Waals surface area contributed by atoms with Gasteiger partial charge in [-0.25, -0.2) is 4.98 Å². The molecule has 1 aromatic carbocycles. The summed E-state index contributed by atoms with van der Waals surface area (Å²) in [6, 6.07) is 13.6. The summed E-state index contributed by atoms with van der Waals surface area (Å²) in [5.74, 6) is 2.00. The minimum Gasteiger partial charge on any atom is -0.496 e. The first-order valence-electron chi connectivity index (χ1n) is 10.7. The Balaban J connectivity index is 1.53. The fourth-order valence-electron chi connectivity index (χ4n) is 3.56. The van der Waals surface area contributed by atoms with E-state index in [0.717, 1.165) is 39.6 Å². The van der Waals surface area contributed by atoms with Crippen LogP contribution in [0.2, 0.25) is 0 Å². The molecule has 1 atom stereocenters. The summed E-state index contributed by atoms with van der Waals surface area (Å²) in [5.41, 5.74) is 4.68. The molecule has 0 aliphatic carbocycles. The number of benzene rings is 1. The van der Waals surface area contributed by atoms with Crippen LogP contribution in [0.4, 0.5) is 0 Å². The first-order valence-corrected chi connectivity index (χ1v) is 10.7. The zero-order valence-electron chi connectivity index (χ0n) is 18.7. The van der Waals surface area contributed by atoms with E-state index in [0.29, 0.717) is 38.9 Å². The standard InChI is InChI=1S/C25H28N2O5/c1-17-12-20(31-14-19-6-4-5-9-26-19)7-8-22(17)25-18(2)23(28-3)13-24(27-25)32-16-21-15-29-10-11-30-21/h4-9,12-13,21H,10-11,14-16H2,1-3H3. The average molecular weight is 437 g/mol. The van der Waals surface area contributed by atoms with Gasteiger partial charge in [-0.05, 0) is 49.7 Å². The molecule has 1 unspecified atom stereocenters. The summed E-state index contributed by atoms with van der Waals surface area (Å²) < 4.78 is 28.5. The summed E-state index contributed by atoms with van der Waals surface area (Å²) in [6.45, 7) is 6.55. The van der Waals surface area contributed by atoms with Gasteiger partial charge < -0.3 is 23.7 Å². The van der Waals surface area contributed by atoms with Crippen LogP contribution in [0.3, 0.4) is 0 Å². The molecule has 0 amide bonds. The zero-order chi connectivity index (χ0) is 22.3. The van der Waals surface area contributed by atoms with Crippen molar-refractivity contribution in [2.24, 2.45) is 0 Å². The Morgan fingerprint density at radius 3 is 2.69 bits per heavy atom. The molecule has 1 saturated heterocycles. The molecule has 0 radical (unpaired) electrons. The molecule has 7 heteroatoms. The smallest absolute Gasteiger partial charge is 0.217 e. The number of ether oxygens (including phenoxy) is 5. The number of pyridine rings is 2. The Morgan fingerprint density at radius 2 is 1.97 bits per heavy atom. The van der Waals surface area contributed by atoms with E-state index in [1.165, 1.54) is 0 Å². The fraction of sp³-hybridized carbons (Fsp3) is 0.360. The molecule has 3 heterocycles. The van der Waals surface area contributed by atoms with Crippen molar-refractivity contribution in [1.29, 1.82) is 0 Å². The Hall–Kier alpha value is -3.16. The number of aryl methyl sites for hydroxylation is 1. The van der Waals surface area contributed by atoms with Crippen LogP contribution in [0.5, 0.6) is 17.4 Å². The molecule has 168 valence electrons. The predicted octanol–water partition coefficient (Wildman–Crippen LogP) is 4.14. The third-order valence-electron chi connectivity index (χ3n) is 5.29. The fourth-order valence-corrected chi connectivity index (χ4v) is 3.56. The Kier molecular flexibility index (Phi) is 7.19. The Bertz CT molecular complexity index is 1040. The normalized spacial score (nSPS) is 15.9. The number of aromatic nitrogens is 2. The van der Waals surface area contributed by atoms with Crippen molar-refractivity contribution in [2.45, 2.75) is 26.6 Å². The van der Waals surface area contributed by atoms with Crippen molar-refractivity contribution in [3.63, 3.8) is 0 Å². The molecule has 7 nitrogen and oxygen atoms in total.